The van der Waals surface area contributed by atoms with Crippen LogP contribution in [-0.4, -0.2) is 11.6 Å². The van der Waals surface area contributed by atoms with Crippen molar-refractivity contribution in [2.75, 3.05) is 0 Å². The van der Waals surface area contributed by atoms with E-state index in [2.05, 4.69) is 20.8 Å². The Labute approximate surface area is 199 Å². The fourth-order valence-corrected chi connectivity index (χ4v) is 4.21. The second-order valence-electron chi connectivity index (χ2n) is 9.99. The molecule has 0 aliphatic carbocycles. The first kappa shape index (κ1) is 23.6. The van der Waals surface area contributed by atoms with Gasteiger partial charge in [-0.15, -0.1) is 0 Å². The molecule has 0 spiro atoms. The lowest BCUT2D eigenvalue weighted by atomic mass is 9.86. The fraction of sp³-hybridized carbons (Fsp3) is 0.267. The molecular formula is C30H29FO3. The van der Waals surface area contributed by atoms with Gasteiger partial charge in [0.2, 0.25) is 0 Å². The van der Waals surface area contributed by atoms with E-state index >= 15 is 0 Å². The first-order valence-electron chi connectivity index (χ1n) is 11.6. The van der Waals surface area contributed by atoms with Crippen molar-refractivity contribution in [2.45, 2.75) is 47.5 Å². The van der Waals surface area contributed by atoms with Crippen LogP contribution in [-0.2, 0) is 0 Å². The van der Waals surface area contributed by atoms with E-state index in [0.717, 1.165) is 22.1 Å². The maximum atomic E-state index is 13.5. The van der Waals surface area contributed by atoms with Gasteiger partial charge in [-0.3, -0.25) is 9.59 Å². The van der Waals surface area contributed by atoms with Crippen LogP contribution in [0.15, 0.2) is 65.1 Å². The molecule has 0 amide bonds. The van der Waals surface area contributed by atoms with Gasteiger partial charge in [0.15, 0.2) is 11.6 Å². The van der Waals surface area contributed by atoms with Crippen LogP contribution in [0.25, 0.3) is 33.4 Å². The maximum Gasteiger partial charge on any atom is 0.167 e. The van der Waals surface area contributed by atoms with Crippen LogP contribution < -0.4 is 0 Å². The largest absolute Gasteiger partial charge is 0.455 e. The van der Waals surface area contributed by atoms with Crippen molar-refractivity contribution < 1.29 is 18.4 Å². The molecule has 1 heterocycles. The van der Waals surface area contributed by atoms with Gasteiger partial charge in [-0.05, 0) is 71.5 Å². The lowest BCUT2D eigenvalue weighted by Crippen LogP contribution is -2.13. The molecule has 0 atom stereocenters. The van der Waals surface area contributed by atoms with Gasteiger partial charge in [0.25, 0.3) is 0 Å². The summed E-state index contributed by atoms with van der Waals surface area (Å²) in [4.78, 5) is 25.8. The maximum absolute atomic E-state index is 13.5. The second kappa shape index (κ2) is 9.02. The third-order valence-electron chi connectivity index (χ3n) is 5.96. The van der Waals surface area contributed by atoms with Crippen LogP contribution >= 0.6 is 0 Å². The summed E-state index contributed by atoms with van der Waals surface area (Å²) < 4.78 is 19.6. The quantitative estimate of drug-likeness (QED) is 0.274. The first-order valence-corrected chi connectivity index (χ1v) is 11.6. The number of carbonyl (C=O) groups excluding carboxylic acids is 2. The molecule has 0 saturated carbocycles. The molecule has 0 saturated heterocycles. The minimum Gasteiger partial charge on any atom is -0.455 e. The Hall–Kier alpha value is -3.53. The van der Waals surface area contributed by atoms with Crippen molar-refractivity contribution >= 4 is 22.5 Å². The topological polar surface area (TPSA) is 47.3 Å². The van der Waals surface area contributed by atoms with Crippen molar-refractivity contribution in [2.24, 2.45) is 5.41 Å². The Kier molecular flexibility index (Phi) is 6.26. The van der Waals surface area contributed by atoms with Crippen LogP contribution in [0.2, 0.25) is 0 Å². The van der Waals surface area contributed by atoms with Gasteiger partial charge in [-0.1, -0.05) is 45.9 Å². The molecule has 0 aliphatic rings. The zero-order valence-corrected chi connectivity index (χ0v) is 20.3. The standard InChI is InChI=1S/C30H29FO3/c1-6-25(32)28-24-15-20(11-14-27(24)34-29(28)19-9-12-22(31)13-10-19)23-16-21(8-7-18(23)2)26(33)17-30(3,4)5/h7-16H,6,17H2,1-5H3. The van der Waals surface area contributed by atoms with Gasteiger partial charge in [0, 0.05) is 29.4 Å². The van der Waals surface area contributed by atoms with E-state index in [-0.39, 0.29) is 22.8 Å². The summed E-state index contributed by atoms with van der Waals surface area (Å²) in [5.41, 5.74) is 5.23. The van der Waals surface area contributed by atoms with E-state index in [1.165, 1.54) is 12.1 Å². The Morgan fingerprint density at radius 1 is 0.882 bits per heavy atom. The number of furan rings is 1. The predicted octanol–water partition coefficient (Wildman–Crippen LogP) is 8.43. The van der Waals surface area contributed by atoms with Crippen LogP contribution in [0.5, 0.6) is 0 Å². The van der Waals surface area contributed by atoms with E-state index in [4.69, 9.17) is 4.42 Å². The molecule has 0 bridgehead atoms. The van der Waals surface area contributed by atoms with E-state index in [1.807, 2.05) is 50.2 Å². The summed E-state index contributed by atoms with van der Waals surface area (Å²) >= 11 is 0. The summed E-state index contributed by atoms with van der Waals surface area (Å²) in [7, 11) is 0. The molecule has 34 heavy (non-hydrogen) atoms. The number of benzene rings is 3. The second-order valence-corrected chi connectivity index (χ2v) is 9.99. The molecule has 0 aliphatic heterocycles. The van der Waals surface area contributed by atoms with Crippen LogP contribution in [0.1, 0.15) is 66.8 Å². The predicted molar refractivity (Wildman–Crippen MR) is 135 cm³/mol. The fourth-order valence-electron chi connectivity index (χ4n) is 4.21. The first-order chi connectivity index (χ1) is 16.1. The number of aryl methyl sites for hydroxylation is 1. The molecule has 4 heteroatoms. The van der Waals surface area contributed by atoms with Gasteiger partial charge < -0.3 is 4.42 Å². The molecule has 1 aromatic heterocycles. The Morgan fingerprint density at radius 2 is 1.56 bits per heavy atom. The molecule has 0 N–H and O–H groups in total. The van der Waals surface area contributed by atoms with Crippen molar-refractivity contribution in [3.63, 3.8) is 0 Å². The molecule has 0 radical (unpaired) electrons. The number of ketones is 2. The molecule has 4 aromatic rings. The summed E-state index contributed by atoms with van der Waals surface area (Å²) in [6.07, 6.45) is 0.787. The molecule has 3 nitrogen and oxygen atoms in total. The molecule has 174 valence electrons. The van der Waals surface area contributed by atoms with Gasteiger partial charge >= 0.3 is 0 Å². The summed E-state index contributed by atoms with van der Waals surface area (Å²) in [5.74, 6) is 0.173. The van der Waals surface area contributed by atoms with E-state index < -0.39 is 0 Å². The molecule has 3 aromatic carbocycles. The highest BCUT2D eigenvalue weighted by molar-refractivity contribution is 6.12. The lowest BCUT2D eigenvalue weighted by Gasteiger charge is -2.17. The average Bonchev–Trinajstić information content (AvgIpc) is 3.17. The number of hydrogen-bond donors (Lipinski definition) is 0. The third kappa shape index (κ3) is 4.72. The summed E-state index contributed by atoms with van der Waals surface area (Å²) in [5, 5.41) is 0.717. The van der Waals surface area contributed by atoms with Gasteiger partial charge in [-0.2, -0.15) is 0 Å². The van der Waals surface area contributed by atoms with E-state index in [9.17, 15) is 14.0 Å². The van der Waals surface area contributed by atoms with Crippen molar-refractivity contribution in [3.05, 3.63) is 83.2 Å². The van der Waals surface area contributed by atoms with E-state index in [0.29, 0.717) is 40.9 Å². The number of carbonyl (C=O) groups is 2. The highest BCUT2D eigenvalue weighted by Gasteiger charge is 2.22. The molecule has 0 unspecified atom stereocenters. The molecular weight excluding hydrogens is 427 g/mol. The number of fused-ring (bicyclic) bond motifs is 1. The monoisotopic (exact) mass is 456 g/mol. The minimum absolute atomic E-state index is 0.0407. The van der Waals surface area contributed by atoms with Crippen LogP contribution in [0.3, 0.4) is 0 Å². The summed E-state index contributed by atoms with van der Waals surface area (Å²) in [6, 6.07) is 17.5. The Bertz CT molecular complexity index is 1390. The van der Waals surface area contributed by atoms with Crippen molar-refractivity contribution in [1.29, 1.82) is 0 Å². The highest BCUT2D eigenvalue weighted by Crippen LogP contribution is 2.37. The van der Waals surface area contributed by atoms with Gasteiger partial charge in [0.1, 0.15) is 17.2 Å². The van der Waals surface area contributed by atoms with Gasteiger partial charge in [-0.25, -0.2) is 4.39 Å². The third-order valence-corrected chi connectivity index (χ3v) is 5.96. The van der Waals surface area contributed by atoms with Gasteiger partial charge in [0.05, 0.1) is 5.56 Å². The normalized spacial score (nSPS) is 11.7. The SMILES string of the molecule is CCC(=O)c1c(-c2ccc(F)cc2)oc2ccc(-c3cc(C(=O)CC(C)(C)C)ccc3C)cc12. The van der Waals surface area contributed by atoms with E-state index in [1.54, 1.807) is 12.1 Å². The highest BCUT2D eigenvalue weighted by atomic mass is 19.1. The van der Waals surface area contributed by atoms with Crippen LogP contribution in [0, 0.1) is 18.2 Å². The minimum atomic E-state index is -0.345. The number of hydrogen-bond acceptors (Lipinski definition) is 3. The summed E-state index contributed by atoms with van der Waals surface area (Å²) in [6.45, 7) is 9.98. The smallest absolute Gasteiger partial charge is 0.167 e. The zero-order valence-electron chi connectivity index (χ0n) is 20.3. The number of halogens is 1. The van der Waals surface area contributed by atoms with Crippen molar-refractivity contribution in [1.82, 2.24) is 0 Å². The number of Topliss-reactive ketones (excluding diaryl/α,β-unsaturated/α-hetero) is 2. The Balaban J connectivity index is 1.86. The average molecular weight is 457 g/mol. The van der Waals surface area contributed by atoms with Crippen LogP contribution in [0.4, 0.5) is 4.39 Å². The zero-order chi connectivity index (χ0) is 24.6. The molecule has 4 rings (SSSR count). The number of rotatable bonds is 6. The molecule has 0 fully saturated rings. The lowest BCUT2D eigenvalue weighted by molar-refractivity contribution is 0.0938. The van der Waals surface area contributed by atoms with Crippen molar-refractivity contribution in [3.8, 4) is 22.5 Å². The Morgan fingerprint density at radius 3 is 2.21 bits per heavy atom.